The number of fused-ring (bicyclic) bond motifs is 1. The van der Waals surface area contributed by atoms with Gasteiger partial charge >= 0.3 is 11.7 Å². The molecule has 0 aromatic carbocycles. The number of H-pyrrole nitrogens is 2. The van der Waals surface area contributed by atoms with Gasteiger partial charge in [0.15, 0.2) is 0 Å². The molecule has 0 amide bonds. The smallest absolute Gasteiger partial charge is 0.339 e. The number of ether oxygens (including phenoxy) is 1. The van der Waals surface area contributed by atoms with Crippen molar-refractivity contribution in [3.63, 3.8) is 0 Å². The van der Waals surface area contributed by atoms with Crippen LogP contribution in [0.1, 0.15) is 16.8 Å². The monoisotopic (exact) mass is 295 g/mol. The molecule has 21 heavy (non-hydrogen) atoms. The number of esters is 1. The van der Waals surface area contributed by atoms with Crippen molar-refractivity contribution >= 4 is 17.0 Å². The van der Waals surface area contributed by atoms with Crippen molar-refractivity contribution in [3.05, 3.63) is 42.8 Å². The van der Waals surface area contributed by atoms with Crippen LogP contribution < -0.4 is 16.8 Å². The summed E-state index contributed by atoms with van der Waals surface area (Å²) in [6.07, 6.45) is 0.251. The fraction of sp³-hybridized carbons (Fsp3) is 0.333. The maximum absolute atomic E-state index is 12.0. The molecule has 2 heterocycles. The molecule has 2 rings (SSSR count). The molecule has 0 aliphatic rings. The Morgan fingerprint density at radius 3 is 2.67 bits per heavy atom. The lowest BCUT2D eigenvalue weighted by atomic mass is 10.1. The first-order valence-electron chi connectivity index (χ1n) is 6.09. The number of nitrogens with zero attached hydrogens (tertiary/aromatic N) is 1. The minimum absolute atomic E-state index is 0.0786. The van der Waals surface area contributed by atoms with Gasteiger partial charge in [-0.3, -0.25) is 24.1 Å². The van der Waals surface area contributed by atoms with Gasteiger partial charge in [-0.05, 0) is 6.42 Å². The molecule has 0 radical (unpaired) electrons. The molecule has 0 aliphatic heterocycles. The number of aliphatic hydroxyl groups excluding tert-OH is 1. The Kier molecular flexibility index (Phi) is 4.03. The Hall–Kier alpha value is -2.68. The van der Waals surface area contributed by atoms with E-state index in [9.17, 15) is 19.2 Å². The van der Waals surface area contributed by atoms with E-state index in [-0.39, 0.29) is 36.2 Å². The van der Waals surface area contributed by atoms with Crippen LogP contribution in [0, 0.1) is 0 Å². The predicted molar refractivity (Wildman–Crippen MR) is 72.5 cm³/mol. The second-order valence-electron chi connectivity index (χ2n) is 4.25. The average molecular weight is 295 g/mol. The van der Waals surface area contributed by atoms with E-state index >= 15 is 0 Å². The van der Waals surface area contributed by atoms with Crippen molar-refractivity contribution in [3.8, 4) is 0 Å². The van der Waals surface area contributed by atoms with Crippen molar-refractivity contribution in [2.45, 2.75) is 13.0 Å². The lowest BCUT2D eigenvalue weighted by Gasteiger charge is -2.10. The number of carbonyl (C=O) groups is 1. The molecule has 0 saturated carbocycles. The summed E-state index contributed by atoms with van der Waals surface area (Å²) >= 11 is 0. The molecule has 0 fully saturated rings. The van der Waals surface area contributed by atoms with Crippen molar-refractivity contribution in [2.24, 2.45) is 0 Å². The van der Waals surface area contributed by atoms with Crippen LogP contribution in [0.5, 0.6) is 0 Å². The molecule has 0 spiro atoms. The predicted octanol–water partition coefficient (Wildman–Crippen LogP) is -1.45. The highest BCUT2D eigenvalue weighted by Gasteiger charge is 2.18. The number of carbonyl (C=O) groups excluding carboxylic acids is 1. The van der Waals surface area contributed by atoms with Crippen molar-refractivity contribution in [1.82, 2.24) is 14.5 Å². The molecular formula is C12H13N3O6. The second kappa shape index (κ2) is 5.75. The number of hydrogen-bond acceptors (Lipinski definition) is 6. The molecule has 2 aromatic heterocycles. The number of aromatic nitrogens is 3. The van der Waals surface area contributed by atoms with Gasteiger partial charge in [0.25, 0.3) is 11.1 Å². The summed E-state index contributed by atoms with van der Waals surface area (Å²) in [6, 6.07) is 0.971. The topological polar surface area (TPSA) is 134 Å². The molecule has 9 nitrogen and oxygen atoms in total. The third-order valence-electron chi connectivity index (χ3n) is 2.94. The Morgan fingerprint density at radius 2 is 2.05 bits per heavy atom. The van der Waals surface area contributed by atoms with Crippen LogP contribution in [0.25, 0.3) is 11.0 Å². The minimum Gasteiger partial charge on any atom is -0.465 e. The summed E-state index contributed by atoms with van der Waals surface area (Å²) in [5.41, 5.74) is -2.49. The molecular weight excluding hydrogens is 282 g/mol. The van der Waals surface area contributed by atoms with E-state index in [1.54, 1.807) is 0 Å². The van der Waals surface area contributed by atoms with Gasteiger partial charge in [0.1, 0.15) is 5.65 Å². The molecule has 0 atom stereocenters. The number of aryl methyl sites for hydroxylation is 1. The zero-order valence-corrected chi connectivity index (χ0v) is 11.1. The molecule has 9 heteroatoms. The highest BCUT2D eigenvalue weighted by Crippen LogP contribution is 2.11. The number of methoxy groups -OCH3 is 1. The molecule has 2 aromatic rings. The summed E-state index contributed by atoms with van der Waals surface area (Å²) in [7, 11) is 1.12. The van der Waals surface area contributed by atoms with Crippen LogP contribution in [-0.4, -0.2) is 39.3 Å². The van der Waals surface area contributed by atoms with E-state index in [2.05, 4.69) is 9.72 Å². The molecule has 0 bridgehead atoms. The van der Waals surface area contributed by atoms with E-state index in [1.165, 1.54) is 0 Å². The lowest BCUT2D eigenvalue weighted by molar-refractivity contribution is 0.0602. The number of hydrogen-bond donors (Lipinski definition) is 3. The largest absolute Gasteiger partial charge is 0.465 e. The van der Waals surface area contributed by atoms with Gasteiger partial charge in [-0.1, -0.05) is 0 Å². The van der Waals surface area contributed by atoms with E-state index in [0.717, 1.165) is 17.7 Å². The third kappa shape index (κ3) is 2.63. The molecule has 0 unspecified atom stereocenters. The Balaban J connectivity index is 2.92. The highest BCUT2D eigenvalue weighted by molar-refractivity contribution is 6.01. The molecule has 3 N–H and O–H groups in total. The summed E-state index contributed by atoms with van der Waals surface area (Å²) in [5, 5.41) is 8.71. The lowest BCUT2D eigenvalue weighted by Crippen LogP contribution is -2.31. The number of aromatic amines is 2. The SMILES string of the molecule is COC(=O)c1cc(=O)n(CCCO)c2[nH]c(=O)[nH]c(=O)c12. The average Bonchev–Trinajstić information content (AvgIpc) is 2.44. The van der Waals surface area contributed by atoms with E-state index in [0.29, 0.717) is 0 Å². The van der Waals surface area contributed by atoms with Crippen LogP contribution >= 0.6 is 0 Å². The third-order valence-corrected chi connectivity index (χ3v) is 2.94. The minimum atomic E-state index is -0.857. The van der Waals surface area contributed by atoms with Crippen LogP contribution in [-0.2, 0) is 11.3 Å². The van der Waals surface area contributed by atoms with Gasteiger partial charge in [0, 0.05) is 19.2 Å². The van der Waals surface area contributed by atoms with Crippen LogP contribution in [0.4, 0.5) is 0 Å². The van der Waals surface area contributed by atoms with Crippen LogP contribution in [0.2, 0.25) is 0 Å². The first kappa shape index (κ1) is 14.7. The van der Waals surface area contributed by atoms with E-state index < -0.39 is 22.8 Å². The first-order valence-corrected chi connectivity index (χ1v) is 6.09. The number of rotatable bonds is 4. The van der Waals surface area contributed by atoms with Crippen molar-refractivity contribution in [2.75, 3.05) is 13.7 Å². The van der Waals surface area contributed by atoms with E-state index in [1.807, 2.05) is 4.98 Å². The molecule has 0 saturated heterocycles. The van der Waals surface area contributed by atoms with Gasteiger partial charge in [0.2, 0.25) is 0 Å². The Bertz CT molecular complexity index is 860. The maximum Gasteiger partial charge on any atom is 0.339 e. The van der Waals surface area contributed by atoms with E-state index in [4.69, 9.17) is 5.11 Å². The van der Waals surface area contributed by atoms with Crippen LogP contribution in [0.3, 0.4) is 0 Å². The Labute approximate surface area is 116 Å². The van der Waals surface area contributed by atoms with Crippen molar-refractivity contribution < 1.29 is 14.6 Å². The second-order valence-corrected chi connectivity index (χ2v) is 4.25. The van der Waals surface area contributed by atoms with Crippen LogP contribution in [0.15, 0.2) is 20.4 Å². The maximum atomic E-state index is 12.0. The fourth-order valence-corrected chi connectivity index (χ4v) is 2.03. The summed E-state index contributed by atoms with van der Waals surface area (Å²) in [5.74, 6) is -0.857. The quantitative estimate of drug-likeness (QED) is 0.590. The normalized spacial score (nSPS) is 10.8. The van der Waals surface area contributed by atoms with Gasteiger partial charge in [0.05, 0.1) is 18.1 Å². The van der Waals surface area contributed by atoms with Crippen molar-refractivity contribution in [1.29, 1.82) is 0 Å². The number of aliphatic hydroxyl groups is 1. The summed E-state index contributed by atoms with van der Waals surface area (Å²) in [6.45, 7) is -0.0766. The van der Waals surface area contributed by atoms with Gasteiger partial charge in [-0.2, -0.15) is 0 Å². The fourth-order valence-electron chi connectivity index (χ4n) is 2.03. The van der Waals surface area contributed by atoms with Gasteiger partial charge in [-0.25, -0.2) is 9.59 Å². The molecule has 112 valence electrons. The number of nitrogens with one attached hydrogen (secondary N) is 2. The molecule has 0 aliphatic carbocycles. The summed E-state index contributed by atoms with van der Waals surface area (Å²) < 4.78 is 5.65. The Morgan fingerprint density at radius 1 is 1.33 bits per heavy atom. The summed E-state index contributed by atoms with van der Waals surface area (Å²) in [4.78, 5) is 51.4. The highest BCUT2D eigenvalue weighted by atomic mass is 16.5. The van der Waals surface area contributed by atoms with Gasteiger partial charge in [-0.15, -0.1) is 0 Å². The van der Waals surface area contributed by atoms with Gasteiger partial charge < -0.3 is 9.84 Å². The zero-order chi connectivity index (χ0) is 15.6. The number of pyridine rings is 1. The first-order chi connectivity index (χ1) is 9.99. The standard InChI is InChI=1S/C12H13N3O6/c1-21-11(19)6-5-7(17)15(3-2-4-16)9-8(6)10(18)14-12(20)13-9/h5,16H,2-4H2,1H3,(H2,13,14,18,20). The zero-order valence-electron chi connectivity index (χ0n) is 11.1.